The molecule has 2 amide bonds. The molecule has 0 saturated heterocycles. The predicted octanol–water partition coefficient (Wildman–Crippen LogP) is 0.633. The van der Waals surface area contributed by atoms with Gasteiger partial charge in [-0.05, 0) is 38.1 Å². The fraction of sp³-hybridized carbons (Fsp3) is 0.846. The molecule has 2 fully saturated rings. The van der Waals surface area contributed by atoms with Crippen LogP contribution in [-0.2, 0) is 4.79 Å². The van der Waals surface area contributed by atoms with Gasteiger partial charge in [-0.2, -0.15) is 0 Å². The maximum Gasteiger partial charge on any atom is 0.317 e. The van der Waals surface area contributed by atoms with Crippen molar-refractivity contribution >= 4 is 12.0 Å². The minimum absolute atomic E-state index is 0.0851. The highest BCUT2D eigenvalue weighted by Crippen LogP contribution is 2.28. The fourth-order valence-corrected chi connectivity index (χ4v) is 2.47. The largest absolute Gasteiger partial charge is 0.480 e. The normalized spacial score (nSPS) is 25.8. The monoisotopic (exact) mass is 269 g/mol. The minimum atomic E-state index is -0.791. The molecule has 0 aromatic rings. The third-order valence-electron chi connectivity index (χ3n) is 3.96. The van der Waals surface area contributed by atoms with Crippen LogP contribution in [0.5, 0.6) is 0 Å². The number of carboxylic acid groups (broad SMARTS) is 1. The van der Waals surface area contributed by atoms with Crippen LogP contribution in [0.4, 0.5) is 4.79 Å². The molecule has 2 rings (SSSR count). The molecule has 19 heavy (non-hydrogen) atoms. The van der Waals surface area contributed by atoms with E-state index in [2.05, 4.69) is 10.6 Å². The Balaban J connectivity index is 1.61. The maximum atomic E-state index is 11.6. The summed E-state index contributed by atoms with van der Waals surface area (Å²) >= 11 is 0. The van der Waals surface area contributed by atoms with Gasteiger partial charge in [0, 0.05) is 18.6 Å². The summed E-state index contributed by atoms with van der Waals surface area (Å²) in [7, 11) is 0. The molecule has 0 heterocycles. The zero-order valence-electron chi connectivity index (χ0n) is 11.4. The number of carboxylic acids is 1. The van der Waals surface area contributed by atoms with E-state index in [-0.39, 0.29) is 24.7 Å². The second-order valence-corrected chi connectivity index (χ2v) is 5.58. The molecule has 0 bridgehead atoms. The Morgan fingerprint density at radius 1 is 1.32 bits per heavy atom. The van der Waals surface area contributed by atoms with Gasteiger partial charge in [0.25, 0.3) is 0 Å². The number of carbonyl (C=O) groups is 2. The Kier molecular flexibility index (Phi) is 4.63. The summed E-state index contributed by atoms with van der Waals surface area (Å²) in [6.07, 6.45) is 4.15. The molecular formula is C13H23N3O3. The Hall–Kier alpha value is -1.30. The van der Waals surface area contributed by atoms with E-state index in [1.54, 1.807) is 0 Å². The number of likely N-dealkylation sites (N-methyl/N-ethyl adjacent to an activating group) is 1. The van der Waals surface area contributed by atoms with Crippen molar-refractivity contribution in [3.8, 4) is 0 Å². The first-order chi connectivity index (χ1) is 9.08. The van der Waals surface area contributed by atoms with E-state index < -0.39 is 5.97 Å². The third-order valence-corrected chi connectivity index (χ3v) is 3.96. The van der Waals surface area contributed by atoms with Gasteiger partial charge in [-0.15, -0.1) is 0 Å². The van der Waals surface area contributed by atoms with E-state index in [1.807, 2.05) is 11.8 Å². The van der Waals surface area contributed by atoms with Crippen LogP contribution >= 0.6 is 0 Å². The van der Waals surface area contributed by atoms with Gasteiger partial charge in [0.05, 0.1) is 6.54 Å². The summed E-state index contributed by atoms with van der Waals surface area (Å²) in [4.78, 5) is 24.2. The van der Waals surface area contributed by atoms with Crippen molar-refractivity contribution in [1.82, 2.24) is 15.5 Å². The predicted molar refractivity (Wildman–Crippen MR) is 71.0 cm³/mol. The maximum absolute atomic E-state index is 11.6. The highest BCUT2D eigenvalue weighted by Gasteiger charge is 2.34. The Morgan fingerprint density at radius 2 is 2.00 bits per heavy atom. The SMILES string of the molecule is CCN(CC(=O)O)C1CC(NC(=O)NCC2CC2)C1. The van der Waals surface area contributed by atoms with Crippen LogP contribution in [-0.4, -0.2) is 53.7 Å². The summed E-state index contributed by atoms with van der Waals surface area (Å²) in [5.41, 5.74) is 0. The molecule has 2 aliphatic rings. The van der Waals surface area contributed by atoms with E-state index in [1.165, 1.54) is 12.8 Å². The van der Waals surface area contributed by atoms with E-state index in [4.69, 9.17) is 5.11 Å². The zero-order chi connectivity index (χ0) is 13.8. The lowest BCUT2D eigenvalue weighted by molar-refractivity contribution is -0.139. The number of aliphatic carboxylic acids is 1. The quantitative estimate of drug-likeness (QED) is 0.633. The van der Waals surface area contributed by atoms with Crippen molar-refractivity contribution in [3.05, 3.63) is 0 Å². The van der Waals surface area contributed by atoms with Gasteiger partial charge in [-0.3, -0.25) is 9.69 Å². The highest BCUT2D eigenvalue weighted by atomic mass is 16.4. The minimum Gasteiger partial charge on any atom is -0.480 e. The van der Waals surface area contributed by atoms with Gasteiger partial charge in [0.1, 0.15) is 0 Å². The third kappa shape index (κ3) is 4.38. The topological polar surface area (TPSA) is 81.7 Å². The lowest BCUT2D eigenvalue weighted by Crippen LogP contribution is -2.56. The van der Waals surface area contributed by atoms with Gasteiger partial charge >= 0.3 is 12.0 Å². The Bertz CT molecular complexity index is 338. The summed E-state index contributed by atoms with van der Waals surface area (Å²) < 4.78 is 0. The van der Waals surface area contributed by atoms with Crippen molar-refractivity contribution < 1.29 is 14.7 Å². The first-order valence-corrected chi connectivity index (χ1v) is 7.08. The van der Waals surface area contributed by atoms with Gasteiger partial charge in [-0.25, -0.2) is 4.79 Å². The number of nitrogens with one attached hydrogen (secondary N) is 2. The van der Waals surface area contributed by atoms with E-state index >= 15 is 0 Å². The second kappa shape index (κ2) is 6.23. The van der Waals surface area contributed by atoms with Crippen LogP contribution in [0.3, 0.4) is 0 Å². The molecule has 6 heteroatoms. The second-order valence-electron chi connectivity index (χ2n) is 5.58. The van der Waals surface area contributed by atoms with Gasteiger partial charge in [-0.1, -0.05) is 6.92 Å². The number of amides is 2. The summed E-state index contributed by atoms with van der Waals surface area (Å²) in [6, 6.07) is 0.388. The Labute approximate surface area is 113 Å². The van der Waals surface area contributed by atoms with Gasteiger partial charge in [0.2, 0.25) is 0 Å². The van der Waals surface area contributed by atoms with Crippen LogP contribution < -0.4 is 10.6 Å². The fourth-order valence-electron chi connectivity index (χ4n) is 2.47. The molecule has 0 spiro atoms. The van der Waals surface area contributed by atoms with Crippen molar-refractivity contribution in [2.75, 3.05) is 19.6 Å². The van der Waals surface area contributed by atoms with E-state index in [9.17, 15) is 9.59 Å². The van der Waals surface area contributed by atoms with Crippen LogP contribution in [0, 0.1) is 5.92 Å². The molecule has 0 aromatic heterocycles. The average Bonchev–Trinajstić information content (AvgIpc) is 3.11. The summed E-state index contributed by atoms with van der Waals surface area (Å²) in [5, 5.41) is 14.6. The van der Waals surface area contributed by atoms with Crippen molar-refractivity contribution in [3.63, 3.8) is 0 Å². The van der Waals surface area contributed by atoms with Crippen LogP contribution in [0.25, 0.3) is 0 Å². The molecule has 0 atom stereocenters. The molecule has 0 aliphatic heterocycles. The molecule has 0 radical (unpaired) electrons. The number of nitrogens with zero attached hydrogens (tertiary/aromatic N) is 1. The molecular weight excluding hydrogens is 246 g/mol. The number of urea groups is 1. The number of hydrogen-bond acceptors (Lipinski definition) is 3. The van der Waals surface area contributed by atoms with Crippen molar-refractivity contribution in [2.45, 2.75) is 44.7 Å². The first kappa shape index (κ1) is 14.1. The van der Waals surface area contributed by atoms with Crippen molar-refractivity contribution in [2.24, 2.45) is 5.92 Å². The molecule has 108 valence electrons. The van der Waals surface area contributed by atoms with Crippen LogP contribution in [0.15, 0.2) is 0 Å². The summed E-state index contributed by atoms with van der Waals surface area (Å²) in [6.45, 7) is 3.56. The average molecular weight is 269 g/mol. The highest BCUT2D eigenvalue weighted by molar-refractivity contribution is 5.74. The number of carbonyl (C=O) groups excluding carboxylic acids is 1. The standard InChI is InChI=1S/C13H23N3O3/c1-2-16(8-12(17)18)11-5-10(6-11)15-13(19)14-7-9-3-4-9/h9-11H,2-8H2,1H3,(H,17,18)(H2,14,15,19). The lowest BCUT2D eigenvalue weighted by Gasteiger charge is -2.42. The smallest absolute Gasteiger partial charge is 0.317 e. The first-order valence-electron chi connectivity index (χ1n) is 7.08. The number of hydrogen-bond donors (Lipinski definition) is 3. The van der Waals surface area contributed by atoms with Crippen molar-refractivity contribution in [1.29, 1.82) is 0 Å². The molecule has 3 N–H and O–H groups in total. The lowest BCUT2D eigenvalue weighted by atomic mass is 9.85. The molecule has 6 nitrogen and oxygen atoms in total. The molecule has 0 unspecified atom stereocenters. The summed E-state index contributed by atoms with van der Waals surface area (Å²) in [5.74, 6) is -0.105. The van der Waals surface area contributed by atoms with Gasteiger partial charge in [0.15, 0.2) is 0 Å². The van der Waals surface area contributed by atoms with E-state index in [0.717, 1.165) is 25.9 Å². The van der Waals surface area contributed by atoms with E-state index in [0.29, 0.717) is 5.92 Å². The Morgan fingerprint density at radius 3 is 2.53 bits per heavy atom. The zero-order valence-corrected chi connectivity index (χ0v) is 11.4. The van der Waals surface area contributed by atoms with Crippen LogP contribution in [0.2, 0.25) is 0 Å². The van der Waals surface area contributed by atoms with Crippen LogP contribution in [0.1, 0.15) is 32.6 Å². The number of rotatable bonds is 7. The molecule has 2 aliphatic carbocycles. The molecule has 2 saturated carbocycles. The molecule has 0 aromatic carbocycles. The van der Waals surface area contributed by atoms with Gasteiger partial charge < -0.3 is 15.7 Å².